The monoisotopic (exact) mass is 276 g/mol. The van der Waals surface area contributed by atoms with Gasteiger partial charge < -0.3 is 0 Å². The fourth-order valence-electron chi connectivity index (χ4n) is 0.945. The van der Waals surface area contributed by atoms with E-state index in [1.54, 1.807) is 0 Å². The fraction of sp³-hybridized carbons (Fsp3) is 0.400. The van der Waals surface area contributed by atoms with Crippen LogP contribution in [-0.2, 0) is 17.0 Å². The zero-order valence-electron chi connectivity index (χ0n) is 7.12. The van der Waals surface area contributed by atoms with Gasteiger partial charge in [0.15, 0.2) is 0 Å². The van der Waals surface area contributed by atoms with Crippen molar-refractivity contribution in [3.8, 4) is 0 Å². The minimum atomic E-state index is 0.332. The summed E-state index contributed by atoms with van der Waals surface area (Å²) in [5.41, 5.74) is 0. The van der Waals surface area contributed by atoms with Gasteiger partial charge in [0, 0.05) is 0 Å². The van der Waals surface area contributed by atoms with Crippen LogP contribution >= 0.6 is 9.53 Å². The molecule has 0 N–H and O–H groups in total. The fourth-order valence-corrected chi connectivity index (χ4v) is 1.63. The average molecular weight is 277 g/mol. The summed E-state index contributed by atoms with van der Waals surface area (Å²) in [5.74, 6) is 0.567. The van der Waals surface area contributed by atoms with Crippen molar-refractivity contribution in [3.05, 3.63) is 37.5 Å². The molecule has 0 heterocycles. The van der Waals surface area contributed by atoms with Gasteiger partial charge in [0.05, 0.1) is 0 Å². The van der Waals surface area contributed by atoms with Crippen molar-refractivity contribution >= 4 is 9.53 Å². The predicted molar refractivity (Wildman–Crippen MR) is 52.9 cm³/mol. The zero-order valence-corrected chi connectivity index (χ0v) is 9.43. The van der Waals surface area contributed by atoms with Crippen LogP contribution in [-0.4, -0.2) is 0 Å². The molecule has 0 fully saturated rings. The van der Waals surface area contributed by atoms with E-state index in [0.29, 0.717) is 22.9 Å². The molecule has 0 aliphatic carbocycles. The van der Waals surface area contributed by atoms with Crippen LogP contribution in [0.4, 0.5) is 0 Å². The van der Waals surface area contributed by atoms with Gasteiger partial charge in [0.25, 0.3) is 0 Å². The average Bonchev–Trinajstić information content (AvgIpc) is 2.06. The summed E-state index contributed by atoms with van der Waals surface area (Å²) >= 11 is 0.332. The molecule has 0 spiro atoms. The van der Waals surface area contributed by atoms with Crippen molar-refractivity contribution in [1.82, 2.24) is 0 Å². The molecule has 0 aromatic heterocycles. The Balaban J connectivity index is 3.75. The van der Waals surface area contributed by atoms with Crippen LogP contribution in [0.1, 0.15) is 12.8 Å². The van der Waals surface area contributed by atoms with Crippen molar-refractivity contribution in [2.24, 2.45) is 5.92 Å². The number of hydrogen-bond acceptors (Lipinski definition) is 0. The molecule has 0 aromatic carbocycles. The summed E-state index contributed by atoms with van der Waals surface area (Å²) in [6.07, 6.45) is 10.3. The molecule has 0 aliphatic heterocycles. The van der Waals surface area contributed by atoms with Crippen molar-refractivity contribution in [3.63, 3.8) is 0 Å². The van der Waals surface area contributed by atoms with Gasteiger partial charge in [-0.25, -0.2) is 0 Å². The summed E-state index contributed by atoms with van der Waals surface area (Å²) in [6, 6.07) is 0. The molecule has 0 unspecified atom stereocenters. The Morgan fingerprint density at radius 2 is 1.83 bits per heavy atom. The maximum atomic E-state index is 5.60. The zero-order chi connectivity index (χ0) is 9.23. The van der Waals surface area contributed by atoms with E-state index in [2.05, 4.69) is 25.3 Å². The molecular formula is C10H15ClPd. The van der Waals surface area contributed by atoms with Gasteiger partial charge in [-0.2, -0.15) is 0 Å². The van der Waals surface area contributed by atoms with Crippen molar-refractivity contribution in [2.45, 2.75) is 17.7 Å². The van der Waals surface area contributed by atoms with E-state index in [1.807, 2.05) is 12.2 Å². The van der Waals surface area contributed by atoms with Crippen molar-refractivity contribution in [2.75, 3.05) is 0 Å². The Bertz CT molecular complexity index is 142. The Kier molecular flexibility index (Phi) is 9.39. The molecule has 0 nitrogen and oxygen atoms in total. The first-order chi connectivity index (χ1) is 5.85. The van der Waals surface area contributed by atoms with E-state index < -0.39 is 0 Å². The van der Waals surface area contributed by atoms with Crippen LogP contribution < -0.4 is 0 Å². The molecule has 0 aromatic rings. The van der Waals surface area contributed by atoms with Gasteiger partial charge in [-0.15, -0.1) is 0 Å². The molecule has 0 saturated heterocycles. The number of rotatable bonds is 7. The van der Waals surface area contributed by atoms with Crippen molar-refractivity contribution in [1.29, 1.82) is 0 Å². The van der Waals surface area contributed by atoms with Gasteiger partial charge in [0.2, 0.25) is 0 Å². The first-order valence-corrected chi connectivity index (χ1v) is 6.97. The normalized spacial score (nSPS) is 11.2. The predicted octanol–water partition coefficient (Wildman–Crippen LogP) is 3.97. The van der Waals surface area contributed by atoms with E-state index in [4.69, 9.17) is 9.53 Å². The van der Waals surface area contributed by atoms with E-state index >= 15 is 0 Å². The summed E-state index contributed by atoms with van der Waals surface area (Å²) in [7, 11) is 5.60. The third-order valence-corrected chi connectivity index (χ3v) is 2.65. The van der Waals surface area contributed by atoms with Gasteiger partial charge >= 0.3 is 87.6 Å². The van der Waals surface area contributed by atoms with Gasteiger partial charge in [-0.3, -0.25) is 0 Å². The Morgan fingerprint density at radius 3 is 2.25 bits per heavy atom. The van der Waals surface area contributed by atoms with Gasteiger partial charge in [0.1, 0.15) is 0 Å². The third-order valence-electron chi connectivity index (χ3n) is 1.47. The van der Waals surface area contributed by atoms with Crippen LogP contribution in [0.2, 0.25) is 4.89 Å². The summed E-state index contributed by atoms with van der Waals surface area (Å²) in [4.78, 5) is 1.00. The second kappa shape index (κ2) is 9.26. The van der Waals surface area contributed by atoms with Crippen LogP contribution in [0.3, 0.4) is 0 Å². The van der Waals surface area contributed by atoms with Gasteiger partial charge in [-0.05, 0) is 0 Å². The molecule has 0 saturated carbocycles. The molecular weight excluding hydrogens is 262 g/mol. The third kappa shape index (κ3) is 6.86. The number of halogens is 1. The molecule has 0 rings (SSSR count). The van der Waals surface area contributed by atoms with E-state index in [-0.39, 0.29) is 0 Å². The van der Waals surface area contributed by atoms with Gasteiger partial charge in [-0.1, -0.05) is 0 Å². The van der Waals surface area contributed by atoms with Crippen LogP contribution in [0.15, 0.2) is 37.5 Å². The number of allylic oxidation sites excluding steroid dienone is 4. The molecule has 0 amide bonds. The second-order valence-corrected chi connectivity index (χ2v) is 4.50. The first kappa shape index (κ1) is 12.2. The van der Waals surface area contributed by atoms with Crippen LogP contribution in [0.5, 0.6) is 0 Å². The Hall–Kier alpha value is 0.172. The van der Waals surface area contributed by atoms with E-state index in [0.717, 1.165) is 17.7 Å². The summed E-state index contributed by atoms with van der Waals surface area (Å²) < 4.78 is 0. The molecule has 0 bridgehead atoms. The SMILES string of the molecule is C=CCC(C=C[CH2][Pd][Cl])CC=C. The van der Waals surface area contributed by atoms with Crippen LogP contribution in [0.25, 0.3) is 0 Å². The topological polar surface area (TPSA) is 0 Å². The Labute approximate surface area is 87.5 Å². The standard InChI is InChI=1S/C10H15.ClH.Pd/c1-4-7-10(8-5-2)9-6-3;;/h4-7,10H,1-3,8-9H2;1H;/q;;+1/p-1. The maximum absolute atomic E-state index is 5.60. The minimum absolute atomic E-state index is 0.332. The molecule has 72 valence electrons. The molecule has 12 heavy (non-hydrogen) atoms. The number of hydrogen-bond donors (Lipinski definition) is 0. The molecule has 0 radical (unpaired) electrons. The van der Waals surface area contributed by atoms with E-state index in [1.165, 1.54) is 0 Å². The molecule has 0 aliphatic rings. The Morgan fingerprint density at radius 1 is 1.25 bits per heavy atom. The van der Waals surface area contributed by atoms with Crippen molar-refractivity contribution < 1.29 is 17.0 Å². The molecule has 0 atom stereocenters. The quantitative estimate of drug-likeness (QED) is 0.488. The summed E-state index contributed by atoms with van der Waals surface area (Å²) in [5, 5.41) is 0. The molecule has 2 heteroatoms. The van der Waals surface area contributed by atoms with E-state index in [9.17, 15) is 0 Å². The first-order valence-electron chi connectivity index (χ1n) is 3.87. The van der Waals surface area contributed by atoms with Crippen LogP contribution in [0, 0.1) is 5.92 Å². The second-order valence-electron chi connectivity index (χ2n) is 2.45. The summed E-state index contributed by atoms with van der Waals surface area (Å²) in [6.45, 7) is 7.44.